The minimum Gasteiger partial charge on any atom is -0.497 e. The summed E-state index contributed by atoms with van der Waals surface area (Å²) in [5, 5.41) is 5.12. The van der Waals surface area contributed by atoms with Gasteiger partial charge in [-0.1, -0.05) is 5.16 Å². The number of aldehydes is 1. The van der Waals surface area contributed by atoms with E-state index in [9.17, 15) is 9.59 Å². The fourth-order valence-electron chi connectivity index (χ4n) is 2.16. The molecule has 0 radical (unpaired) electrons. The molecular formula is C13H10N2O4. The molecule has 2 aromatic heterocycles. The predicted octanol–water partition coefficient (Wildman–Crippen LogP) is 1.35. The third kappa shape index (κ3) is 1.61. The first-order valence-electron chi connectivity index (χ1n) is 5.64. The van der Waals surface area contributed by atoms with Crippen LogP contribution >= 0.6 is 0 Å². The Balaban J connectivity index is 2.53. The first-order valence-corrected chi connectivity index (χ1v) is 5.64. The van der Waals surface area contributed by atoms with Crippen molar-refractivity contribution in [1.82, 2.24) is 9.72 Å². The summed E-state index contributed by atoms with van der Waals surface area (Å²) in [5.41, 5.74) is 0.489. The van der Waals surface area contributed by atoms with Crippen molar-refractivity contribution in [3.05, 3.63) is 34.8 Å². The SMILES string of the molecule is COc1ccc2c3conc3c(=O)n(CC=O)c2c1. The van der Waals surface area contributed by atoms with Crippen molar-refractivity contribution < 1.29 is 14.1 Å². The van der Waals surface area contributed by atoms with Gasteiger partial charge in [0.05, 0.1) is 24.6 Å². The van der Waals surface area contributed by atoms with Crippen LogP contribution < -0.4 is 10.3 Å². The van der Waals surface area contributed by atoms with Crippen molar-refractivity contribution >= 4 is 28.1 Å². The van der Waals surface area contributed by atoms with Gasteiger partial charge < -0.3 is 14.1 Å². The Labute approximate surface area is 107 Å². The molecule has 1 aromatic carbocycles. The van der Waals surface area contributed by atoms with Gasteiger partial charge in [0, 0.05) is 11.5 Å². The van der Waals surface area contributed by atoms with Crippen LogP contribution in [0.2, 0.25) is 0 Å². The van der Waals surface area contributed by atoms with Crippen molar-refractivity contribution in [2.75, 3.05) is 7.11 Å². The Kier molecular flexibility index (Phi) is 2.56. The summed E-state index contributed by atoms with van der Waals surface area (Å²) in [6.07, 6.45) is 2.10. The molecule has 3 aromatic rings. The Morgan fingerprint density at radius 1 is 1.42 bits per heavy atom. The largest absolute Gasteiger partial charge is 0.497 e. The smallest absolute Gasteiger partial charge is 0.281 e. The summed E-state index contributed by atoms with van der Waals surface area (Å²) in [4.78, 5) is 23.0. The number of nitrogens with zero attached hydrogens (tertiary/aromatic N) is 2. The molecule has 0 spiro atoms. The molecule has 0 unspecified atom stereocenters. The van der Waals surface area contributed by atoms with Gasteiger partial charge in [-0.25, -0.2) is 0 Å². The number of methoxy groups -OCH3 is 1. The summed E-state index contributed by atoms with van der Waals surface area (Å²) in [5.74, 6) is 0.613. The number of hydrogen-bond acceptors (Lipinski definition) is 5. The van der Waals surface area contributed by atoms with Crippen molar-refractivity contribution in [2.24, 2.45) is 0 Å². The minimum absolute atomic E-state index is 0.0364. The van der Waals surface area contributed by atoms with Crippen LogP contribution in [-0.4, -0.2) is 23.1 Å². The topological polar surface area (TPSA) is 74.3 Å². The van der Waals surface area contributed by atoms with E-state index in [0.29, 0.717) is 22.9 Å². The number of benzene rings is 1. The maximum Gasteiger partial charge on any atom is 0.281 e. The number of pyridine rings is 1. The quantitative estimate of drug-likeness (QED) is 0.663. The van der Waals surface area contributed by atoms with E-state index in [2.05, 4.69) is 5.16 Å². The van der Waals surface area contributed by atoms with Crippen LogP contribution in [-0.2, 0) is 11.3 Å². The number of carbonyl (C=O) groups excluding carboxylic acids is 1. The normalized spacial score (nSPS) is 11.0. The third-order valence-corrected chi connectivity index (χ3v) is 3.06. The molecule has 6 heteroatoms. The van der Waals surface area contributed by atoms with Crippen LogP contribution in [0.1, 0.15) is 0 Å². The molecule has 96 valence electrons. The van der Waals surface area contributed by atoms with E-state index in [1.807, 2.05) is 6.07 Å². The van der Waals surface area contributed by atoms with Gasteiger partial charge in [0.1, 0.15) is 18.3 Å². The maximum absolute atomic E-state index is 12.2. The van der Waals surface area contributed by atoms with Gasteiger partial charge in [-0.3, -0.25) is 9.36 Å². The first kappa shape index (κ1) is 11.5. The number of fused-ring (bicyclic) bond motifs is 3. The lowest BCUT2D eigenvalue weighted by atomic mass is 10.1. The lowest BCUT2D eigenvalue weighted by molar-refractivity contribution is -0.108. The molecule has 19 heavy (non-hydrogen) atoms. The number of ether oxygens (including phenoxy) is 1. The molecule has 3 rings (SSSR count). The summed E-state index contributed by atoms with van der Waals surface area (Å²) in [6, 6.07) is 5.31. The molecule has 0 aliphatic carbocycles. The number of hydrogen-bond donors (Lipinski definition) is 0. The molecule has 0 atom stereocenters. The van der Waals surface area contributed by atoms with E-state index in [1.54, 1.807) is 19.2 Å². The predicted molar refractivity (Wildman–Crippen MR) is 68.4 cm³/mol. The zero-order chi connectivity index (χ0) is 13.4. The monoisotopic (exact) mass is 258 g/mol. The average molecular weight is 258 g/mol. The molecule has 6 nitrogen and oxygen atoms in total. The molecule has 0 bridgehead atoms. The van der Waals surface area contributed by atoms with Crippen LogP contribution in [0.25, 0.3) is 21.8 Å². The molecule has 0 saturated heterocycles. The molecule has 0 aliphatic rings. The van der Waals surface area contributed by atoms with E-state index in [-0.39, 0.29) is 17.6 Å². The standard InChI is InChI=1S/C13H10N2O4/c1-18-8-2-3-9-10-7-19-14-12(10)13(17)15(4-5-16)11(9)6-8/h2-3,5-7H,4H2,1H3. The molecule has 0 amide bonds. The van der Waals surface area contributed by atoms with Gasteiger partial charge in [-0.2, -0.15) is 0 Å². The van der Waals surface area contributed by atoms with Crippen molar-refractivity contribution in [2.45, 2.75) is 6.54 Å². The molecule has 0 fully saturated rings. The summed E-state index contributed by atoms with van der Waals surface area (Å²) >= 11 is 0. The Hall–Kier alpha value is -2.63. The highest BCUT2D eigenvalue weighted by molar-refractivity contribution is 6.04. The van der Waals surface area contributed by atoms with E-state index in [4.69, 9.17) is 9.26 Å². The van der Waals surface area contributed by atoms with Crippen molar-refractivity contribution in [3.63, 3.8) is 0 Å². The van der Waals surface area contributed by atoms with Crippen molar-refractivity contribution in [1.29, 1.82) is 0 Å². The Morgan fingerprint density at radius 3 is 3.00 bits per heavy atom. The zero-order valence-corrected chi connectivity index (χ0v) is 10.1. The lowest BCUT2D eigenvalue weighted by Crippen LogP contribution is -2.21. The third-order valence-electron chi connectivity index (χ3n) is 3.06. The van der Waals surface area contributed by atoms with Crippen LogP contribution in [0.15, 0.2) is 33.8 Å². The summed E-state index contributed by atoms with van der Waals surface area (Å²) in [7, 11) is 1.54. The average Bonchev–Trinajstić information content (AvgIpc) is 2.92. The fraction of sp³-hybridized carbons (Fsp3) is 0.154. The molecular weight excluding hydrogens is 248 g/mol. The minimum atomic E-state index is -0.350. The molecule has 0 saturated carbocycles. The zero-order valence-electron chi connectivity index (χ0n) is 10.1. The second-order valence-electron chi connectivity index (χ2n) is 4.04. The van der Waals surface area contributed by atoms with E-state index < -0.39 is 0 Å². The van der Waals surface area contributed by atoms with Gasteiger partial charge >= 0.3 is 0 Å². The Morgan fingerprint density at radius 2 is 2.26 bits per heavy atom. The number of aromatic nitrogens is 2. The van der Waals surface area contributed by atoms with Crippen LogP contribution in [0, 0.1) is 0 Å². The van der Waals surface area contributed by atoms with E-state index in [0.717, 1.165) is 5.39 Å². The maximum atomic E-state index is 12.2. The van der Waals surface area contributed by atoms with Crippen molar-refractivity contribution in [3.8, 4) is 5.75 Å². The first-order chi connectivity index (χ1) is 9.26. The van der Waals surface area contributed by atoms with Gasteiger partial charge in [0.25, 0.3) is 5.56 Å². The molecule has 2 heterocycles. The van der Waals surface area contributed by atoms with E-state index >= 15 is 0 Å². The van der Waals surface area contributed by atoms with Gasteiger partial charge in [0.15, 0.2) is 5.52 Å². The summed E-state index contributed by atoms with van der Waals surface area (Å²) < 4.78 is 11.4. The highest BCUT2D eigenvalue weighted by Crippen LogP contribution is 2.25. The molecule has 0 N–H and O–H groups in total. The Bertz CT molecular complexity index is 832. The highest BCUT2D eigenvalue weighted by atomic mass is 16.5. The van der Waals surface area contributed by atoms with Gasteiger partial charge in [0.2, 0.25) is 0 Å². The molecule has 0 aliphatic heterocycles. The highest BCUT2D eigenvalue weighted by Gasteiger charge is 2.14. The number of rotatable bonds is 3. The fourth-order valence-corrected chi connectivity index (χ4v) is 2.16. The van der Waals surface area contributed by atoms with Gasteiger partial charge in [-0.05, 0) is 12.1 Å². The lowest BCUT2D eigenvalue weighted by Gasteiger charge is -2.09. The second-order valence-corrected chi connectivity index (χ2v) is 4.04. The second kappa shape index (κ2) is 4.24. The van der Waals surface area contributed by atoms with Crippen LogP contribution in [0.4, 0.5) is 0 Å². The summed E-state index contributed by atoms with van der Waals surface area (Å²) in [6.45, 7) is -0.0364. The number of carbonyl (C=O) groups is 1. The van der Waals surface area contributed by atoms with E-state index in [1.165, 1.54) is 10.8 Å². The van der Waals surface area contributed by atoms with Crippen LogP contribution in [0.3, 0.4) is 0 Å². The van der Waals surface area contributed by atoms with Crippen LogP contribution in [0.5, 0.6) is 5.75 Å². The van der Waals surface area contributed by atoms with Gasteiger partial charge in [-0.15, -0.1) is 0 Å².